The number of hydrogen-bond donors (Lipinski definition) is 6. The van der Waals surface area contributed by atoms with E-state index in [-0.39, 0.29) is 5.82 Å². The van der Waals surface area contributed by atoms with Gasteiger partial charge >= 0.3 is 0 Å². The van der Waals surface area contributed by atoms with Crippen LogP contribution in [0.15, 0.2) is 201 Å². The SMILES string of the molecule is Fc1ccc(NC(=S)Nc2ccc3ncc(-c4ccccc4)nc3n2)cc1.S=C(NCc1ccccc1)Nc1ccc2ncc(-c3ccccc3)nc2n1.S=C(Nc1ccc2ncc(-c3ccccc3)nc2n1)NC1CCCCC1. The van der Waals surface area contributed by atoms with Gasteiger partial charge in [-0.15, -0.1) is 0 Å². The van der Waals surface area contributed by atoms with Crippen molar-refractivity contribution >= 4 is 109 Å². The molecular formula is C61H52FN15S3. The minimum Gasteiger partial charge on any atom is -0.360 e. The van der Waals surface area contributed by atoms with E-state index >= 15 is 0 Å². The van der Waals surface area contributed by atoms with Gasteiger partial charge < -0.3 is 31.9 Å². The van der Waals surface area contributed by atoms with Crippen molar-refractivity contribution in [2.75, 3.05) is 21.3 Å². The fraction of sp³-hybridized carbons (Fsp3) is 0.115. The van der Waals surface area contributed by atoms with E-state index in [9.17, 15) is 4.39 Å². The number of nitrogens with one attached hydrogen (secondary N) is 6. The zero-order chi connectivity index (χ0) is 54.9. The smallest absolute Gasteiger partial charge is 0.180 e. The summed E-state index contributed by atoms with van der Waals surface area (Å²) >= 11 is 16.1. The van der Waals surface area contributed by atoms with Crippen LogP contribution in [0.4, 0.5) is 27.5 Å². The minimum atomic E-state index is -0.302. The lowest BCUT2D eigenvalue weighted by Crippen LogP contribution is -2.38. The molecule has 5 aromatic carbocycles. The Labute approximate surface area is 477 Å². The van der Waals surface area contributed by atoms with Crippen molar-refractivity contribution in [3.05, 3.63) is 212 Å². The van der Waals surface area contributed by atoms with Gasteiger partial charge in [-0.1, -0.05) is 141 Å². The molecule has 1 aliphatic rings. The van der Waals surface area contributed by atoms with Crippen LogP contribution in [0.1, 0.15) is 37.7 Å². The van der Waals surface area contributed by atoms with E-state index in [1.165, 1.54) is 44.2 Å². The highest BCUT2D eigenvalue weighted by molar-refractivity contribution is 7.81. The van der Waals surface area contributed by atoms with Crippen LogP contribution in [0.5, 0.6) is 0 Å². The molecule has 11 aromatic rings. The second-order valence-electron chi connectivity index (χ2n) is 18.3. The summed E-state index contributed by atoms with van der Waals surface area (Å²) in [5.74, 6) is 1.56. The van der Waals surface area contributed by atoms with Gasteiger partial charge in [0, 0.05) is 35.0 Å². The van der Waals surface area contributed by atoms with Crippen LogP contribution in [-0.2, 0) is 6.54 Å². The summed E-state index contributed by atoms with van der Waals surface area (Å²) in [4.78, 5) is 40.8. The van der Waals surface area contributed by atoms with Gasteiger partial charge in [-0.3, -0.25) is 15.0 Å². The maximum Gasteiger partial charge on any atom is 0.180 e. The number of anilines is 4. The second kappa shape index (κ2) is 26.8. The Kier molecular flexibility index (Phi) is 18.0. The Morgan fingerprint density at radius 2 is 0.812 bits per heavy atom. The normalized spacial score (nSPS) is 12.0. The molecule has 1 aliphatic carbocycles. The highest BCUT2D eigenvalue weighted by Crippen LogP contribution is 2.23. The van der Waals surface area contributed by atoms with Crippen LogP contribution in [0, 0.1) is 5.82 Å². The summed E-state index contributed by atoms with van der Waals surface area (Å²) in [5.41, 5.74) is 11.1. The van der Waals surface area contributed by atoms with Gasteiger partial charge in [0.15, 0.2) is 32.3 Å². The first-order valence-electron chi connectivity index (χ1n) is 25.8. The molecule has 0 aliphatic heterocycles. The van der Waals surface area contributed by atoms with Crippen LogP contribution < -0.4 is 31.9 Å². The largest absolute Gasteiger partial charge is 0.360 e. The molecule has 80 heavy (non-hydrogen) atoms. The zero-order valence-electron chi connectivity index (χ0n) is 43.0. The fourth-order valence-electron chi connectivity index (χ4n) is 8.48. The van der Waals surface area contributed by atoms with Crippen LogP contribution in [0.3, 0.4) is 0 Å². The molecule has 0 radical (unpaired) electrons. The van der Waals surface area contributed by atoms with E-state index in [4.69, 9.17) is 36.7 Å². The highest BCUT2D eigenvalue weighted by atomic mass is 32.1. The van der Waals surface area contributed by atoms with Crippen LogP contribution in [0.2, 0.25) is 0 Å². The molecular weight excluding hydrogens is 1060 g/mol. The van der Waals surface area contributed by atoms with E-state index in [1.54, 1.807) is 36.8 Å². The van der Waals surface area contributed by atoms with Gasteiger partial charge in [-0.05, 0) is 116 Å². The van der Waals surface area contributed by atoms with Crippen LogP contribution >= 0.6 is 36.7 Å². The Morgan fingerprint density at radius 1 is 0.412 bits per heavy atom. The number of thiocarbonyl (C=S) groups is 3. The Hall–Kier alpha value is -9.43. The summed E-state index contributed by atoms with van der Waals surface area (Å²) in [5, 5.41) is 20.3. The number of benzene rings is 5. The molecule has 0 saturated heterocycles. The lowest BCUT2D eigenvalue weighted by atomic mass is 9.96. The van der Waals surface area contributed by atoms with Crippen molar-refractivity contribution in [3.8, 4) is 33.8 Å². The van der Waals surface area contributed by atoms with E-state index in [1.807, 2.05) is 152 Å². The monoisotopic (exact) mass is 1110 g/mol. The third-order valence-electron chi connectivity index (χ3n) is 12.5. The molecule has 0 spiro atoms. The number of rotatable bonds is 10. The predicted octanol–water partition coefficient (Wildman–Crippen LogP) is 13.1. The van der Waals surface area contributed by atoms with Gasteiger partial charge in [-0.2, -0.15) is 0 Å². The third-order valence-corrected chi connectivity index (χ3v) is 13.2. The highest BCUT2D eigenvalue weighted by Gasteiger charge is 2.15. The topological polar surface area (TPSA) is 188 Å². The molecule has 19 heteroatoms. The standard InChI is InChI=1S/C21H17N5S.C20H14FN5S.C20H21N5S/c27-21(23-13-15-7-3-1-4-8-15)26-19-12-11-17-20(25-19)24-18(14-22-17)16-9-5-2-6-10-16;21-14-6-8-15(9-7-14)23-20(27)26-18-11-10-16-19(25-18)24-17(12-22-16)13-4-2-1-3-5-13;26-20(22-15-9-5-2-6-10-15)25-18-12-11-16-19(24-18)23-17(13-21-16)14-7-3-1-4-8-14/h1-12,14H,13H2,(H2,23,24,25,26,27);1-12H,(H2,23,24,25,26,27);1,3-4,7-8,11-13,15H,2,5-6,9-10H2,(H2,22,23,24,25,26). The fourth-order valence-corrected chi connectivity index (χ4v) is 9.15. The molecule has 6 aromatic heterocycles. The van der Waals surface area contributed by atoms with Crippen molar-refractivity contribution in [1.82, 2.24) is 55.5 Å². The number of fused-ring (bicyclic) bond motifs is 3. The minimum absolute atomic E-state index is 0.302. The van der Waals surface area contributed by atoms with Gasteiger partial charge in [0.2, 0.25) is 0 Å². The lowest BCUT2D eigenvalue weighted by Gasteiger charge is -2.24. The van der Waals surface area contributed by atoms with Gasteiger partial charge in [0.25, 0.3) is 0 Å². The summed E-state index contributed by atoms with van der Waals surface area (Å²) in [6.07, 6.45) is 11.5. The molecule has 0 atom stereocenters. The molecule has 0 amide bonds. The number of nitrogens with zero attached hydrogens (tertiary/aromatic N) is 9. The molecule has 6 N–H and O–H groups in total. The van der Waals surface area contributed by atoms with Gasteiger partial charge in [-0.25, -0.2) is 34.3 Å². The van der Waals surface area contributed by atoms with E-state index < -0.39 is 0 Å². The van der Waals surface area contributed by atoms with E-state index in [0.29, 0.717) is 73.5 Å². The summed E-state index contributed by atoms with van der Waals surface area (Å²) in [6, 6.07) is 57.3. The van der Waals surface area contributed by atoms with Crippen molar-refractivity contribution in [1.29, 1.82) is 0 Å². The molecule has 12 rings (SSSR count). The van der Waals surface area contributed by atoms with Crippen molar-refractivity contribution < 1.29 is 4.39 Å². The average molecular weight is 1110 g/mol. The summed E-state index contributed by atoms with van der Waals surface area (Å²) < 4.78 is 13.0. The molecule has 15 nitrogen and oxygen atoms in total. The summed E-state index contributed by atoms with van der Waals surface area (Å²) in [6.45, 7) is 0.651. The molecule has 1 saturated carbocycles. The van der Waals surface area contributed by atoms with Crippen molar-refractivity contribution in [2.24, 2.45) is 0 Å². The van der Waals surface area contributed by atoms with Crippen molar-refractivity contribution in [3.63, 3.8) is 0 Å². The zero-order valence-corrected chi connectivity index (χ0v) is 45.4. The molecule has 0 unspecified atom stereocenters. The Morgan fingerprint density at radius 3 is 1.25 bits per heavy atom. The number of pyridine rings is 3. The first-order valence-corrected chi connectivity index (χ1v) is 27.0. The molecule has 1 fully saturated rings. The second-order valence-corrected chi connectivity index (χ2v) is 19.5. The maximum absolute atomic E-state index is 13.0. The van der Waals surface area contributed by atoms with E-state index in [0.717, 1.165) is 50.4 Å². The quantitative estimate of drug-likeness (QED) is 0.0709. The maximum atomic E-state index is 13.0. The lowest BCUT2D eigenvalue weighted by molar-refractivity contribution is 0.415. The molecule has 6 heterocycles. The van der Waals surface area contributed by atoms with Crippen LogP contribution in [-0.4, -0.2) is 66.2 Å². The third kappa shape index (κ3) is 15.2. The predicted molar refractivity (Wildman–Crippen MR) is 330 cm³/mol. The van der Waals surface area contributed by atoms with Gasteiger partial charge in [0.05, 0.1) is 35.7 Å². The van der Waals surface area contributed by atoms with E-state index in [2.05, 4.69) is 76.8 Å². The Balaban J connectivity index is 0.000000135. The molecule has 396 valence electrons. The number of halogens is 1. The molecule has 0 bridgehead atoms. The number of aromatic nitrogens is 9. The Bertz CT molecular complexity index is 3880. The average Bonchev–Trinajstić information content (AvgIpc) is 3.59. The number of hydrogen-bond acceptors (Lipinski definition) is 12. The van der Waals surface area contributed by atoms with Crippen molar-refractivity contribution in [2.45, 2.75) is 44.7 Å². The summed E-state index contributed by atoms with van der Waals surface area (Å²) in [7, 11) is 0. The van der Waals surface area contributed by atoms with Gasteiger partial charge in [0.1, 0.15) is 39.8 Å². The first-order chi connectivity index (χ1) is 39.2. The first kappa shape index (κ1) is 53.9. The van der Waals surface area contributed by atoms with Crippen LogP contribution in [0.25, 0.3) is 67.3 Å².